The quantitative estimate of drug-likeness (QED) is 0.604. The molecule has 3 rings (SSSR count). The molecule has 9 heteroatoms. The summed E-state index contributed by atoms with van der Waals surface area (Å²) < 4.78 is 68.5. The summed E-state index contributed by atoms with van der Waals surface area (Å²) in [6, 6.07) is 8.21. The Bertz CT molecular complexity index is 1010. The Morgan fingerprint density at radius 1 is 0.969 bits per heavy atom. The smallest absolute Gasteiger partial charge is 0.383 e. The first-order valence-electron chi connectivity index (χ1n) is 10.7. The number of nitrogens with one attached hydrogen (secondary N) is 2. The number of aryl methyl sites for hydroxylation is 3. The molecule has 1 unspecified atom stereocenters. The molecule has 0 aliphatic carbocycles. The predicted molar refractivity (Wildman–Crippen MR) is 122 cm³/mol. The second kappa shape index (κ2) is 9.70. The monoisotopic (exact) mass is 469 g/mol. The number of hydrogen-bond donors (Lipinski definition) is 2. The van der Waals surface area contributed by atoms with Crippen LogP contribution in [0.4, 0.5) is 24.5 Å². The van der Waals surface area contributed by atoms with Crippen LogP contribution in [-0.2, 0) is 10.0 Å². The normalized spacial score (nSPS) is 16.1. The van der Waals surface area contributed by atoms with Crippen molar-refractivity contribution in [2.24, 2.45) is 0 Å². The number of anilines is 2. The van der Waals surface area contributed by atoms with E-state index in [-0.39, 0.29) is 4.90 Å². The maximum absolute atomic E-state index is 13.7. The number of alkyl halides is 3. The Balaban J connectivity index is 1.72. The number of sulfonamides is 1. The van der Waals surface area contributed by atoms with Crippen LogP contribution < -0.4 is 14.9 Å². The molecule has 2 N–H and O–H groups in total. The van der Waals surface area contributed by atoms with Crippen molar-refractivity contribution in [1.82, 2.24) is 4.72 Å². The number of benzene rings is 2. The van der Waals surface area contributed by atoms with Crippen LogP contribution in [0, 0.1) is 20.8 Å². The zero-order valence-electron chi connectivity index (χ0n) is 18.6. The van der Waals surface area contributed by atoms with Gasteiger partial charge in [-0.25, -0.2) is 8.42 Å². The van der Waals surface area contributed by atoms with Gasteiger partial charge >= 0.3 is 6.18 Å². The molecular weight excluding hydrogens is 439 g/mol. The lowest BCUT2D eigenvalue weighted by Crippen LogP contribution is -2.49. The number of piperidine rings is 1. The number of rotatable bonds is 7. The zero-order chi connectivity index (χ0) is 23.5. The molecule has 2 aromatic carbocycles. The summed E-state index contributed by atoms with van der Waals surface area (Å²) in [5, 5.41) is 2.73. The average molecular weight is 470 g/mol. The highest BCUT2D eigenvalue weighted by Gasteiger charge is 2.42. The molecule has 0 bridgehead atoms. The minimum atomic E-state index is -4.75. The van der Waals surface area contributed by atoms with Crippen LogP contribution in [0.5, 0.6) is 0 Å². The zero-order valence-corrected chi connectivity index (χ0v) is 19.4. The van der Waals surface area contributed by atoms with Gasteiger partial charge < -0.3 is 10.2 Å². The molecule has 0 amide bonds. The molecule has 32 heavy (non-hydrogen) atoms. The molecule has 0 spiro atoms. The summed E-state index contributed by atoms with van der Waals surface area (Å²) in [6.45, 7) is 6.31. The SMILES string of the molecule is Cc1cc(C)c(S(=O)(=O)NC(CNc2ccc(N3CCCCC3)cc2)C(F)(F)F)c(C)c1. The minimum absolute atomic E-state index is 0.108. The van der Waals surface area contributed by atoms with Crippen LogP contribution in [0.1, 0.15) is 36.0 Å². The maximum atomic E-state index is 13.7. The molecule has 0 saturated carbocycles. The molecule has 5 nitrogen and oxygen atoms in total. The number of nitrogens with zero attached hydrogens (tertiary/aromatic N) is 1. The van der Waals surface area contributed by atoms with Gasteiger partial charge in [0.15, 0.2) is 0 Å². The summed E-state index contributed by atoms with van der Waals surface area (Å²) in [4.78, 5) is 2.15. The van der Waals surface area contributed by atoms with Gasteiger partial charge in [0.05, 0.1) is 4.90 Å². The molecule has 1 fully saturated rings. The lowest BCUT2D eigenvalue weighted by atomic mass is 10.1. The van der Waals surface area contributed by atoms with Crippen LogP contribution in [0.15, 0.2) is 41.3 Å². The Hall–Kier alpha value is -2.26. The van der Waals surface area contributed by atoms with Crippen LogP contribution in [-0.4, -0.2) is 40.3 Å². The summed E-state index contributed by atoms with van der Waals surface area (Å²) in [7, 11) is -4.36. The van der Waals surface area contributed by atoms with Gasteiger partial charge in [-0.05, 0) is 75.4 Å². The Kier molecular flexibility index (Phi) is 7.39. The lowest BCUT2D eigenvalue weighted by molar-refractivity contribution is -0.148. The summed E-state index contributed by atoms with van der Waals surface area (Å²) in [6.07, 6.45) is -1.27. The van der Waals surface area contributed by atoms with Gasteiger partial charge in [-0.15, -0.1) is 0 Å². The fourth-order valence-corrected chi connectivity index (χ4v) is 5.90. The van der Waals surface area contributed by atoms with Gasteiger partial charge in [-0.3, -0.25) is 0 Å². The third-order valence-electron chi connectivity index (χ3n) is 5.66. The molecule has 1 saturated heterocycles. The van der Waals surface area contributed by atoms with Crippen LogP contribution in [0.25, 0.3) is 0 Å². The van der Waals surface area contributed by atoms with Crippen molar-refractivity contribution in [3.63, 3.8) is 0 Å². The molecule has 1 atom stereocenters. The third-order valence-corrected chi connectivity index (χ3v) is 7.44. The van der Waals surface area contributed by atoms with Crippen molar-refractivity contribution >= 4 is 21.4 Å². The van der Waals surface area contributed by atoms with Crippen molar-refractivity contribution in [2.75, 3.05) is 29.9 Å². The van der Waals surface area contributed by atoms with E-state index in [0.29, 0.717) is 16.8 Å². The first-order chi connectivity index (χ1) is 15.0. The van der Waals surface area contributed by atoms with Gasteiger partial charge in [-0.2, -0.15) is 17.9 Å². The molecular formula is C23H30F3N3O2S. The van der Waals surface area contributed by atoms with Gasteiger partial charge in [-0.1, -0.05) is 17.7 Å². The first kappa shape index (κ1) is 24.4. The van der Waals surface area contributed by atoms with Crippen LogP contribution >= 0.6 is 0 Å². The van der Waals surface area contributed by atoms with E-state index in [2.05, 4.69) is 10.2 Å². The molecule has 2 aromatic rings. The molecule has 1 aliphatic rings. The van der Waals surface area contributed by atoms with E-state index in [1.807, 2.05) is 23.8 Å². The highest BCUT2D eigenvalue weighted by molar-refractivity contribution is 7.89. The Labute approximate surface area is 188 Å². The van der Waals surface area contributed by atoms with E-state index in [4.69, 9.17) is 0 Å². The lowest BCUT2D eigenvalue weighted by Gasteiger charge is -2.29. The molecule has 1 aliphatic heterocycles. The maximum Gasteiger partial charge on any atom is 0.406 e. The Morgan fingerprint density at radius 2 is 1.53 bits per heavy atom. The molecule has 1 heterocycles. The number of hydrogen-bond acceptors (Lipinski definition) is 4. The van der Waals surface area contributed by atoms with E-state index in [0.717, 1.165) is 37.2 Å². The van der Waals surface area contributed by atoms with E-state index in [1.54, 1.807) is 38.1 Å². The first-order valence-corrected chi connectivity index (χ1v) is 12.2. The standard InChI is InChI=1S/C23H30F3N3O2S/c1-16-13-17(2)22(18(3)14-16)32(30,31)28-21(23(24,25)26)15-27-19-7-9-20(10-8-19)29-11-5-4-6-12-29/h7-10,13-14,21,27-28H,4-6,11-12,15H2,1-3H3. The van der Waals surface area contributed by atoms with E-state index in [9.17, 15) is 21.6 Å². The van der Waals surface area contributed by atoms with Crippen molar-refractivity contribution < 1.29 is 21.6 Å². The van der Waals surface area contributed by atoms with E-state index >= 15 is 0 Å². The summed E-state index contributed by atoms with van der Waals surface area (Å²) in [5.74, 6) is 0. The van der Waals surface area contributed by atoms with Crippen molar-refractivity contribution in [3.05, 3.63) is 53.1 Å². The van der Waals surface area contributed by atoms with E-state index in [1.165, 1.54) is 6.42 Å². The largest absolute Gasteiger partial charge is 0.406 e. The molecule has 176 valence electrons. The van der Waals surface area contributed by atoms with Crippen molar-refractivity contribution in [1.29, 1.82) is 0 Å². The van der Waals surface area contributed by atoms with Gasteiger partial charge in [0.1, 0.15) is 6.04 Å². The highest BCUT2D eigenvalue weighted by Crippen LogP contribution is 2.27. The average Bonchev–Trinajstić information content (AvgIpc) is 2.70. The minimum Gasteiger partial charge on any atom is -0.383 e. The fourth-order valence-electron chi connectivity index (χ4n) is 4.22. The topological polar surface area (TPSA) is 61.4 Å². The van der Waals surface area contributed by atoms with Crippen molar-refractivity contribution in [3.8, 4) is 0 Å². The third kappa shape index (κ3) is 5.95. The van der Waals surface area contributed by atoms with Gasteiger partial charge in [0.25, 0.3) is 0 Å². The highest BCUT2D eigenvalue weighted by atomic mass is 32.2. The van der Waals surface area contributed by atoms with Gasteiger partial charge in [0.2, 0.25) is 10.0 Å². The molecule has 0 aromatic heterocycles. The van der Waals surface area contributed by atoms with Crippen LogP contribution in [0.2, 0.25) is 0 Å². The van der Waals surface area contributed by atoms with Gasteiger partial charge in [0, 0.05) is 31.0 Å². The predicted octanol–water partition coefficient (Wildman–Crippen LogP) is 4.92. The molecule has 0 radical (unpaired) electrons. The second-order valence-electron chi connectivity index (χ2n) is 8.42. The van der Waals surface area contributed by atoms with Crippen LogP contribution in [0.3, 0.4) is 0 Å². The van der Waals surface area contributed by atoms with E-state index < -0.39 is 28.8 Å². The Morgan fingerprint density at radius 3 is 2.06 bits per heavy atom. The second-order valence-corrected chi connectivity index (χ2v) is 10.1. The fraction of sp³-hybridized carbons (Fsp3) is 0.478. The summed E-state index contributed by atoms with van der Waals surface area (Å²) >= 11 is 0. The number of halogens is 3. The van der Waals surface area contributed by atoms with Crippen molar-refractivity contribution in [2.45, 2.75) is 57.1 Å². The summed E-state index contributed by atoms with van der Waals surface area (Å²) in [5.41, 5.74) is 3.21.